The highest BCUT2D eigenvalue weighted by Crippen LogP contribution is 2.14. The lowest BCUT2D eigenvalue weighted by Gasteiger charge is -2.24. The van der Waals surface area contributed by atoms with Gasteiger partial charge in [0.15, 0.2) is 0 Å². The van der Waals surface area contributed by atoms with Crippen molar-refractivity contribution in [2.45, 2.75) is 24.4 Å². The Morgan fingerprint density at radius 1 is 0.679 bits per heavy atom. The Bertz CT molecular complexity index is 749. The fourth-order valence-electron chi connectivity index (χ4n) is 2.35. The number of rotatable bonds is 9. The van der Waals surface area contributed by atoms with E-state index in [9.17, 15) is 20.4 Å². The van der Waals surface area contributed by atoms with E-state index in [0.717, 1.165) is 0 Å². The van der Waals surface area contributed by atoms with Crippen molar-refractivity contribution in [1.29, 1.82) is 0 Å². The van der Waals surface area contributed by atoms with E-state index >= 15 is 0 Å². The lowest BCUT2D eigenvalue weighted by molar-refractivity contribution is -0.0987. The Labute approximate surface area is 173 Å². The maximum absolute atomic E-state index is 10.0. The van der Waals surface area contributed by atoms with Crippen LogP contribution in [-0.2, 0) is 0 Å². The molecule has 0 fully saturated rings. The summed E-state index contributed by atoms with van der Waals surface area (Å²) in [7, 11) is 0. The van der Waals surface area contributed by atoms with Crippen LogP contribution in [0.3, 0.4) is 0 Å². The Kier molecular flexibility index (Phi) is 9.05. The summed E-state index contributed by atoms with van der Waals surface area (Å²) < 4.78 is 0. The first-order valence-electron chi connectivity index (χ1n) is 8.61. The zero-order valence-electron chi connectivity index (χ0n) is 14.9. The summed E-state index contributed by atoms with van der Waals surface area (Å²) in [5, 5.41) is 41.1. The number of aliphatic imine (C=N–C) groups is 2. The second-order valence-electron chi connectivity index (χ2n) is 6.15. The van der Waals surface area contributed by atoms with Crippen molar-refractivity contribution in [3.05, 3.63) is 69.7 Å². The third kappa shape index (κ3) is 6.67. The van der Waals surface area contributed by atoms with Gasteiger partial charge >= 0.3 is 0 Å². The zero-order valence-corrected chi connectivity index (χ0v) is 16.4. The third-order valence-electron chi connectivity index (χ3n) is 3.99. The first-order chi connectivity index (χ1) is 13.4. The molecule has 0 spiro atoms. The van der Waals surface area contributed by atoms with Crippen LogP contribution in [0.2, 0.25) is 10.0 Å². The van der Waals surface area contributed by atoms with Crippen molar-refractivity contribution in [3.8, 4) is 0 Å². The number of nitrogens with zero attached hydrogens (tertiary/aromatic N) is 2. The standard InChI is InChI=1S/C20H22Cl2N2O4/c21-15-7-3-1-5-13(15)9-23-11-17(25)19(27)20(28)18(26)12-24-10-14-6-2-4-8-16(14)22/h1-10,17-20,25-28H,11-12H2/t17-,18-,19-,20-/m1/s1. The molecule has 28 heavy (non-hydrogen) atoms. The summed E-state index contributed by atoms with van der Waals surface area (Å²) >= 11 is 12.0. The fraction of sp³-hybridized carbons (Fsp3) is 0.300. The highest BCUT2D eigenvalue weighted by molar-refractivity contribution is 6.33. The van der Waals surface area contributed by atoms with Gasteiger partial charge in [0.25, 0.3) is 0 Å². The number of hydrogen-bond acceptors (Lipinski definition) is 6. The van der Waals surface area contributed by atoms with Gasteiger partial charge in [0, 0.05) is 33.6 Å². The van der Waals surface area contributed by atoms with Crippen LogP contribution in [-0.4, -0.2) is 70.4 Å². The minimum atomic E-state index is -1.59. The molecule has 0 amide bonds. The van der Waals surface area contributed by atoms with E-state index in [-0.39, 0.29) is 13.1 Å². The Balaban J connectivity index is 1.85. The normalized spacial score (nSPS) is 16.4. The van der Waals surface area contributed by atoms with Crippen LogP contribution in [0.25, 0.3) is 0 Å². The van der Waals surface area contributed by atoms with Gasteiger partial charge in [-0.1, -0.05) is 59.6 Å². The van der Waals surface area contributed by atoms with Crippen molar-refractivity contribution in [3.63, 3.8) is 0 Å². The van der Waals surface area contributed by atoms with Crippen molar-refractivity contribution in [2.24, 2.45) is 9.98 Å². The highest BCUT2D eigenvalue weighted by atomic mass is 35.5. The monoisotopic (exact) mass is 424 g/mol. The highest BCUT2D eigenvalue weighted by Gasteiger charge is 2.29. The van der Waals surface area contributed by atoms with Crippen molar-refractivity contribution in [1.82, 2.24) is 0 Å². The summed E-state index contributed by atoms with van der Waals surface area (Å²) in [6, 6.07) is 14.1. The first kappa shape index (κ1) is 22.5. The molecule has 0 radical (unpaired) electrons. The smallest absolute Gasteiger partial charge is 0.110 e. The van der Waals surface area contributed by atoms with Gasteiger partial charge < -0.3 is 20.4 Å². The molecular weight excluding hydrogens is 403 g/mol. The molecule has 150 valence electrons. The van der Waals surface area contributed by atoms with Crippen LogP contribution in [0.1, 0.15) is 11.1 Å². The third-order valence-corrected chi connectivity index (χ3v) is 4.68. The summed E-state index contributed by atoms with van der Waals surface area (Å²) in [6.07, 6.45) is -2.97. The van der Waals surface area contributed by atoms with Crippen LogP contribution in [0.5, 0.6) is 0 Å². The van der Waals surface area contributed by atoms with Crippen molar-refractivity contribution >= 4 is 35.6 Å². The fourth-order valence-corrected chi connectivity index (χ4v) is 2.72. The average Bonchev–Trinajstić information content (AvgIpc) is 2.69. The average molecular weight is 425 g/mol. The van der Waals surface area contributed by atoms with Gasteiger partial charge in [-0.2, -0.15) is 0 Å². The van der Waals surface area contributed by atoms with E-state index in [1.807, 2.05) is 0 Å². The van der Waals surface area contributed by atoms with E-state index in [4.69, 9.17) is 23.2 Å². The molecule has 4 N–H and O–H groups in total. The Morgan fingerprint density at radius 2 is 1.04 bits per heavy atom. The molecule has 0 aliphatic carbocycles. The number of aliphatic hydroxyl groups is 4. The van der Waals surface area contributed by atoms with Gasteiger partial charge in [-0.25, -0.2) is 0 Å². The van der Waals surface area contributed by atoms with Gasteiger partial charge in [-0.15, -0.1) is 0 Å². The molecule has 0 saturated carbocycles. The summed E-state index contributed by atoms with van der Waals surface area (Å²) in [4.78, 5) is 8.04. The molecule has 6 nitrogen and oxygen atoms in total. The quantitative estimate of drug-likeness (QED) is 0.461. The zero-order chi connectivity index (χ0) is 20.5. The molecule has 2 aromatic rings. The van der Waals surface area contributed by atoms with Crippen LogP contribution >= 0.6 is 23.2 Å². The summed E-state index contributed by atoms with van der Waals surface area (Å²) in [5.41, 5.74) is 1.33. The van der Waals surface area contributed by atoms with Crippen LogP contribution in [0.15, 0.2) is 58.5 Å². The maximum atomic E-state index is 10.0. The molecule has 0 aromatic heterocycles. The molecule has 4 atom stereocenters. The topological polar surface area (TPSA) is 106 Å². The molecule has 2 rings (SSSR count). The minimum Gasteiger partial charge on any atom is -0.388 e. The van der Waals surface area contributed by atoms with E-state index in [0.29, 0.717) is 21.2 Å². The molecule has 0 aliphatic rings. The molecule has 8 heteroatoms. The van der Waals surface area contributed by atoms with E-state index < -0.39 is 24.4 Å². The molecular formula is C20H22Cl2N2O4. The molecule has 0 aliphatic heterocycles. The lowest BCUT2D eigenvalue weighted by Crippen LogP contribution is -2.46. The number of benzene rings is 2. The van der Waals surface area contributed by atoms with Crippen molar-refractivity contribution in [2.75, 3.05) is 13.1 Å². The van der Waals surface area contributed by atoms with Gasteiger partial charge in [0.1, 0.15) is 24.4 Å². The molecule has 0 saturated heterocycles. The molecule has 0 bridgehead atoms. The largest absolute Gasteiger partial charge is 0.388 e. The number of halogens is 2. The Hall–Kier alpha value is -1.80. The van der Waals surface area contributed by atoms with Gasteiger partial charge in [-0.05, 0) is 12.1 Å². The van der Waals surface area contributed by atoms with E-state index in [1.165, 1.54) is 12.4 Å². The Morgan fingerprint density at radius 3 is 1.39 bits per heavy atom. The maximum Gasteiger partial charge on any atom is 0.110 e. The summed E-state index contributed by atoms with van der Waals surface area (Å²) in [5.74, 6) is 0. The molecule has 0 unspecified atom stereocenters. The minimum absolute atomic E-state index is 0.168. The second-order valence-corrected chi connectivity index (χ2v) is 6.96. The van der Waals surface area contributed by atoms with E-state index in [1.54, 1.807) is 48.5 Å². The van der Waals surface area contributed by atoms with E-state index in [2.05, 4.69) is 9.98 Å². The van der Waals surface area contributed by atoms with Gasteiger partial charge in [0.05, 0.1) is 13.1 Å². The van der Waals surface area contributed by atoms with Crippen molar-refractivity contribution < 1.29 is 20.4 Å². The van der Waals surface area contributed by atoms with Gasteiger partial charge in [-0.3, -0.25) is 9.98 Å². The summed E-state index contributed by atoms with van der Waals surface area (Å²) in [6.45, 7) is -0.335. The SMILES string of the molecule is O[C@@H]([C@H](O)[C@H](O)CN=Cc1ccccc1Cl)[C@H](O)CN=Cc1ccccc1Cl. The van der Waals surface area contributed by atoms with Crippen LogP contribution < -0.4 is 0 Å². The molecule has 0 heterocycles. The number of aliphatic hydroxyl groups excluding tert-OH is 4. The first-order valence-corrected chi connectivity index (χ1v) is 9.36. The lowest BCUT2D eigenvalue weighted by atomic mass is 10.0. The van der Waals surface area contributed by atoms with Crippen LogP contribution in [0.4, 0.5) is 0 Å². The predicted octanol–water partition coefficient (Wildman–Crippen LogP) is 1.97. The predicted molar refractivity (Wildman–Crippen MR) is 112 cm³/mol. The second kappa shape index (κ2) is 11.3. The van der Waals surface area contributed by atoms with Gasteiger partial charge in [0.2, 0.25) is 0 Å². The number of hydrogen-bond donors (Lipinski definition) is 4. The van der Waals surface area contributed by atoms with Crippen LogP contribution in [0, 0.1) is 0 Å². The molecule has 2 aromatic carbocycles.